The van der Waals surface area contributed by atoms with Gasteiger partial charge in [0.05, 0.1) is 20.1 Å². The molecule has 150 valence electrons. The first kappa shape index (κ1) is 20.2. The van der Waals surface area contributed by atoms with E-state index in [1.54, 1.807) is 36.9 Å². The van der Waals surface area contributed by atoms with Gasteiger partial charge in [-0.15, -0.1) is 0 Å². The largest absolute Gasteiger partial charge is 0.497 e. The molecule has 0 heterocycles. The number of ether oxygens (including phenoxy) is 3. The second-order valence-corrected chi connectivity index (χ2v) is 6.55. The smallest absolute Gasteiger partial charge is 0.317 e. The Morgan fingerprint density at radius 3 is 2.66 bits per heavy atom. The zero-order chi connectivity index (χ0) is 20.9. The first-order valence-corrected chi connectivity index (χ1v) is 8.93. The van der Waals surface area contributed by atoms with Crippen molar-refractivity contribution >= 4 is 11.9 Å². The number of benzene rings is 2. The van der Waals surface area contributed by atoms with E-state index in [1.807, 2.05) is 24.3 Å². The molecule has 0 radical (unpaired) electrons. The molecule has 2 aromatic carbocycles. The van der Waals surface area contributed by atoms with E-state index in [4.69, 9.17) is 19.4 Å². The molecule has 0 unspecified atom stereocenters. The number of amides is 1. The first-order valence-electron chi connectivity index (χ1n) is 8.93. The van der Waals surface area contributed by atoms with Gasteiger partial charge in [-0.3, -0.25) is 14.8 Å². The molecule has 1 amide bonds. The molecule has 0 spiro atoms. The molecular weight excluding hydrogens is 374 g/mol. The van der Waals surface area contributed by atoms with Crippen molar-refractivity contribution < 1.29 is 29.0 Å². The lowest BCUT2D eigenvalue weighted by molar-refractivity contribution is -0.146. The van der Waals surface area contributed by atoms with E-state index in [9.17, 15) is 9.59 Å². The number of carbonyl (C=O) groups excluding carboxylic acids is 2. The Bertz CT molecular complexity index is 977. The van der Waals surface area contributed by atoms with Crippen LogP contribution in [0.5, 0.6) is 11.5 Å². The first-order chi connectivity index (χ1) is 14.0. The van der Waals surface area contributed by atoms with Crippen molar-refractivity contribution in [1.29, 1.82) is 0 Å². The van der Waals surface area contributed by atoms with Gasteiger partial charge >= 0.3 is 5.97 Å². The van der Waals surface area contributed by atoms with Crippen LogP contribution in [0.2, 0.25) is 0 Å². The van der Waals surface area contributed by atoms with Gasteiger partial charge in [-0.25, -0.2) is 5.48 Å². The van der Waals surface area contributed by atoms with Crippen LogP contribution in [-0.2, 0) is 19.7 Å². The maximum atomic E-state index is 12.4. The summed E-state index contributed by atoms with van der Waals surface area (Å²) in [6, 6.07) is 14.3. The molecule has 1 saturated carbocycles. The SMILES string of the molecule is COC(=O)[C@]1(c2cccc(OCC#Cc3cccc(OC)c3)c2)C[C@H]1C(=O)NO. The average Bonchev–Trinajstić information content (AvgIpc) is 3.53. The van der Waals surface area contributed by atoms with Gasteiger partial charge in [0.2, 0.25) is 5.91 Å². The third-order valence-corrected chi connectivity index (χ3v) is 4.90. The van der Waals surface area contributed by atoms with Crippen molar-refractivity contribution in [3.8, 4) is 23.3 Å². The highest BCUT2D eigenvalue weighted by Crippen LogP contribution is 2.55. The quantitative estimate of drug-likeness (QED) is 0.337. The van der Waals surface area contributed by atoms with Crippen LogP contribution in [0.4, 0.5) is 0 Å². The number of hydrogen-bond acceptors (Lipinski definition) is 6. The summed E-state index contributed by atoms with van der Waals surface area (Å²) < 4.78 is 15.7. The van der Waals surface area contributed by atoms with Crippen molar-refractivity contribution in [2.45, 2.75) is 11.8 Å². The lowest BCUT2D eigenvalue weighted by Gasteiger charge is -2.16. The number of hydroxylamine groups is 1. The van der Waals surface area contributed by atoms with Gasteiger partial charge in [-0.05, 0) is 42.3 Å². The monoisotopic (exact) mass is 395 g/mol. The Labute approximate surface area is 168 Å². The molecule has 29 heavy (non-hydrogen) atoms. The van der Waals surface area contributed by atoms with Crippen LogP contribution in [-0.4, -0.2) is 37.9 Å². The van der Waals surface area contributed by atoms with Gasteiger partial charge in [0.25, 0.3) is 0 Å². The van der Waals surface area contributed by atoms with Gasteiger partial charge in [0.1, 0.15) is 23.5 Å². The van der Waals surface area contributed by atoms with Gasteiger partial charge in [0, 0.05) is 5.56 Å². The fraction of sp³-hybridized carbons (Fsp3) is 0.273. The second kappa shape index (κ2) is 8.67. The predicted molar refractivity (Wildman–Crippen MR) is 104 cm³/mol. The van der Waals surface area contributed by atoms with Gasteiger partial charge in [-0.2, -0.15) is 0 Å². The van der Waals surface area contributed by atoms with Crippen LogP contribution >= 0.6 is 0 Å². The second-order valence-electron chi connectivity index (χ2n) is 6.55. The zero-order valence-electron chi connectivity index (χ0n) is 16.1. The van der Waals surface area contributed by atoms with E-state index in [1.165, 1.54) is 7.11 Å². The molecule has 2 aromatic rings. The Morgan fingerprint density at radius 1 is 1.17 bits per heavy atom. The number of esters is 1. The highest BCUT2D eigenvalue weighted by Gasteiger charge is 2.65. The van der Waals surface area contributed by atoms with Crippen molar-refractivity contribution in [1.82, 2.24) is 5.48 Å². The summed E-state index contributed by atoms with van der Waals surface area (Å²) >= 11 is 0. The van der Waals surface area contributed by atoms with Crippen molar-refractivity contribution in [2.24, 2.45) is 5.92 Å². The maximum absolute atomic E-state index is 12.4. The summed E-state index contributed by atoms with van der Waals surface area (Å²) in [5.41, 5.74) is 1.89. The summed E-state index contributed by atoms with van der Waals surface area (Å²) in [5, 5.41) is 8.90. The Balaban J connectivity index is 1.72. The van der Waals surface area contributed by atoms with Crippen molar-refractivity contribution in [3.05, 3.63) is 59.7 Å². The molecule has 2 N–H and O–H groups in total. The van der Waals surface area contributed by atoms with E-state index in [0.29, 0.717) is 11.3 Å². The average molecular weight is 395 g/mol. The molecule has 1 aliphatic carbocycles. The minimum Gasteiger partial charge on any atom is -0.497 e. The van der Waals surface area contributed by atoms with Gasteiger partial charge in [0.15, 0.2) is 0 Å². The van der Waals surface area contributed by atoms with Crippen LogP contribution in [0.15, 0.2) is 48.5 Å². The van der Waals surface area contributed by atoms with E-state index in [0.717, 1.165) is 11.3 Å². The normalized spacial score (nSPS) is 19.3. The Hall–Kier alpha value is -3.50. The number of methoxy groups -OCH3 is 2. The topological polar surface area (TPSA) is 94.1 Å². The highest BCUT2D eigenvalue weighted by atomic mass is 16.5. The number of rotatable bonds is 6. The lowest BCUT2D eigenvalue weighted by atomic mass is 9.92. The third kappa shape index (κ3) is 4.18. The fourth-order valence-electron chi connectivity index (χ4n) is 3.32. The summed E-state index contributed by atoms with van der Waals surface area (Å²) in [6.45, 7) is 0.145. The molecule has 3 rings (SSSR count). The predicted octanol–water partition coefficient (Wildman–Crippen LogP) is 2.06. The number of carbonyl (C=O) groups is 2. The van der Waals surface area contributed by atoms with E-state index < -0.39 is 23.2 Å². The molecule has 0 bridgehead atoms. The zero-order valence-corrected chi connectivity index (χ0v) is 16.1. The summed E-state index contributed by atoms with van der Waals surface area (Å²) in [7, 11) is 2.86. The molecular formula is C22H21NO6. The molecule has 2 atom stereocenters. The number of nitrogens with one attached hydrogen (secondary N) is 1. The molecule has 0 aromatic heterocycles. The lowest BCUT2D eigenvalue weighted by Crippen LogP contribution is -2.31. The van der Waals surface area contributed by atoms with Crippen LogP contribution in [0.3, 0.4) is 0 Å². The molecule has 7 nitrogen and oxygen atoms in total. The van der Waals surface area contributed by atoms with Gasteiger partial charge < -0.3 is 14.2 Å². The third-order valence-electron chi connectivity index (χ3n) is 4.90. The minimum absolute atomic E-state index is 0.145. The van der Waals surface area contributed by atoms with Crippen LogP contribution in [0, 0.1) is 17.8 Å². The van der Waals surface area contributed by atoms with E-state index in [-0.39, 0.29) is 13.0 Å². The Morgan fingerprint density at radius 2 is 1.93 bits per heavy atom. The molecule has 1 aliphatic rings. The van der Waals surface area contributed by atoms with Crippen LogP contribution < -0.4 is 15.0 Å². The molecule has 0 aliphatic heterocycles. The maximum Gasteiger partial charge on any atom is 0.317 e. The molecule has 1 fully saturated rings. The molecule has 7 heteroatoms. The standard InChI is InChI=1S/C22H21NO6/c1-27-17-9-3-6-15(12-17)7-5-11-29-18-10-4-8-16(13-18)22(21(25)28-2)14-19(22)20(24)23-26/h3-4,6,8-10,12-13,19,26H,11,14H2,1-2H3,(H,23,24)/t19-,22-/m0/s1. The highest BCUT2D eigenvalue weighted by molar-refractivity contribution is 5.97. The Kier molecular flexibility index (Phi) is 6.05. The van der Waals surface area contributed by atoms with Crippen LogP contribution in [0.25, 0.3) is 0 Å². The fourth-order valence-corrected chi connectivity index (χ4v) is 3.32. The van der Waals surface area contributed by atoms with Crippen LogP contribution in [0.1, 0.15) is 17.5 Å². The van der Waals surface area contributed by atoms with Gasteiger partial charge in [-0.1, -0.05) is 30.0 Å². The molecule has 0 saturated heterocycles. The minimum atomic E-state index is -1.12. The summed E-state index contributed by atoms with van der Waals surface area (Å²) in [6.07, 6.45) is 0.255. The van der Waals surface area contributed by atoms with E-state index >= 15 is 0 Å². The van der Waals surface area contributed by atoms with E-state index in [2.05, 4.69) is 11.8 Å². The number of hydrogen-bond donors (Lipinski definition) is 2. The van der Waals surface area contributed by atoms with Crippen molar-refractivity contribution in [3.63, 3.8) is 0 Å². The summed E-state index contributed by atoms with van der Waals surface area (Å²) in [5.74, 6) is 5.33. The summed E-state index contributed by atoms with van der Waals surface area (Å²) in [4.78, 5) is 24.2. The van der Waals surface area contributed by atoms with Crippen molar-refractivity contribution in [2.75, 3.05) is 20.8 Å².